The summed E-state index contributed by atoms with van der Waals surface area (Å²) < 4.78 is 0. The van der Waals surface area contributed by atoms with Crippen LogP contribution in [-0.2, 0) is 12.8 Å². The second-order valence-electron chi connectivity index (χ2n) is 3.33. The van der Waals surface area contributed by atoms with E-state index >= 15 is 0 Å². The highest BCUT2D eigenvalue weighted by Gasteiger charge is 2.16. The van der Waals surface area contributed by atoms with Gasteiger partial charge in [0.2, 0.25) is 0 Å². The maximum atomic E-state index is 5.86. The van der Waals surface area contributed by atoms with Gasteiger partial charge in [0.05, 0.1) is 0 Å². The van der Waals surface area contributed by atoms with Crippen LogP contribution in [0.15, 0.2) is 11.4 Å². The predicted octanol–water partition coefficient (Wildman–Crippen LogP) is 1.44. The summed E-state index contributed by atoms with van der Waals surface area (Å²) in [4.78, 5) is 8.70. The monoisotopic (exact) mass is 231 g/mol. The lowest BCUT2D eigenvalue weighted by Gasteiger charge is -2.19. The van der Waals surface area contributed by atoms with Crippen molar-refractivity contribution in [2.75, 3.05) is 6.26 Å². The number of hydrogen-bond donors (Lipinski definition) is 1. The molecule has 78 valence electrons. The quantitative estimate of drug-likeness (QED) is 0.587. The standard InChI is InChI=1S/C9H13N3S.ClH/c1-13-9-11-5-6-4-7(10)2-3-8(6)12-9;/h5,7H,2-4,10H2,1H3;1H. The van der Waals surface area contributed by atoms with Crippen molar-refractivity contribution in [2.45, 2.75) is 30.5 Å². The third-order valence-electron chi connectivity index (χ3n) is 2.35. The molecule has 2 N–H and O–H groups in total. The van der Waals surface area contributed by atoms with E-state index in [0.29, 0.717) is 6.04 Å². The Morgan fingerprint density at radius 3 is 3.07 bits per heavy atom. The van der Waals surface area contributed by atoms with Gasteiger partial charge in [-0.3, -0.25) is 0 Å². The van der Waals surface area contributed by atoms with E-state index in [1.807, 2.05) is 12.5 Å². The Kier molecular flexibility index (Phi) is 4.16. The van der Waals surface area contributed by atoms with Crippen LogP contribution in [0.25, 0.3) is 0 Å². The van der Waals surface area contributed by atoms with Crippen LogP contribution in [0.1, 0.15) is 17.7 Å². The molecular weight excluding hydrogens is 218 g/mol. The molecule has 0 spiro atoms. The average Bonchev–Trinajstić information content (AvgIpc) is 2.17. The third kappa shape index (κ3) is 2.38. The number of thioether (sulfide) groups is 1. The molecule has 0 bridgehead atoms. The number of halogens is 1. The summed E-state index contributed by atoms with van der Waals surface area (Å²) in [5.41, 5.74) is 8.29. The smallest absolute Gasteiger partial charge is 0.187 e. The second kappa shape index (κ2) is 4.96. The molecule has 1 aromatic heterocycles. The van der Waals surface area contributed by atoms with Crippen LogP contribution in [0.2, 0.25) is 0 Å². The van der Waals surface area contributed by atoms with Gasteiger partial charge in [-0.25, -0.2) is 9.97 Å². The van der Waals surface area contributed by atoms with Crippen LogP contribution in [0, 0.1) is 0 Å². The molecule has 14 heavy (non-hydrogen) atoms. The van der Waals surface area contributed by atoms with Crippen LogP contribution in [0.4, 0.5) is 0 Å². The first kappa shape index (κ1) is 11.8. The molecule has 0 fully saturated rings. The van der Waals surface area contributed by atoms with E-state index in [0.717, 1.165) is 24.4 Å². The van der Waals surface area contributed by atoms with E-state index in [1.54, 1.807) is 11.8 Å². The van der Waals surface area contributed by atoms with E-state index in [4.69, 9.17) is 5.73 Å². The van der Waals surface area contributed by atoms with Crippen molar-refractivity contribution in [3.63, 3.8) is 0 Å². The van der Waals surface area contributed by atoms with Crippen molar-refractivity contribution in [3.05, 3.63) is 17.5 Å². The highest BCUT2D eigenvalue weighted by atomic mass is 35.5. The molecule has 1 atom stereocenters. The molecule has 0 saturated carbocycles. The predicted molar refractivity (Wildman–Crippen MR) is 61.1 cm³/mol. The summed E-state index contributed by atoms with van der Waals surface area (Å²) in [6.07, 6.45) is 6.91. The first-order chi connectivity index (χ1) is 6.29. The van der Waals surface area contributed by atoms with Gasteiger partial charge in [0.1, 0.15) is 0 Å². The average molecular weight is 232 g/mol. The zero-order valence-electron chi connectivity index (χ0n) is 8.06. The van der Waals surface area contributed by atoms with E-state index < -0.39 is 0 Å². The van der Waals surface area contributed by atoms with Crippen molar-refractivity contribution >= 4 is 24.2 Å². The zero-order valence-corrected chi connectivity index (χ0v) is 9.70. The molecular formula is C9H14ClN3S. The molecule has 0 radical (unpaired) electrons. The Labute approximate surface area is 94.3 Å². The summed E-state index contributed by atoms with van der Waals surface area (Å²) in [5.74, 6) is 0. The van der Waals surface area contributed by atoms with Gasteiger partial charge in [-0.15, -0.1) is 12.4 Å². The number of nitrogens with two attached hydrogens (primary N) is 1. The number of hydrogen-bond acceptors (Lipinski definition) is 4. The Hall–Kier alpha value is -0.320. The molecule has 0 saturated heterocycles. The van der Waals surface area contributed by atoms with E-state index in [-0.39, 0.29) is 12.4 Å². The van der Waals surface area contributed by atoms with Crippen molar-refractivity contribution < 1.29 is 0 Å². The fraction of sp³-hybridized carbons (Fsp3) is 0.556. The summed E-state index contributed by atoms with van der Waals surface area (Å²) in [6, 6.07) is 0.302. The molecule has 5 heteroatoms. The lowest BCUT2D eigenvalue weighted by molar-refractivity contribution is 0.558. The number of fused-ring (bicyclic) bond motifs is 1. The maximum Gasteiger partial charge on any atom is 0.187 e. The van der Waals surface area contributed by atoms with E-state index in [2.05, 4.69) is 9.97 Å². The van der Waals surface area contributed by atoms with Gasteiger partial charge in [0.15, 0.2) is 5.16 Å². The lowest BCUT2D eigenvalue weighted by atomic mass is 9.94. The second-order valence-corrected chi connectivity index (χ2v) is 4.10. The molecule has 1 aromatic rings. The Morgan fingerprint density at radius 2 is 2.36 bits per heavy atom. The molecule has 0 aromatic carbocycles. The minimum absolute atomic E-state index is 0. The van der Waals surface area contributed by atoms with Crippen LogP contribution < -0.4 is 5.73 Å². The van der Waals surface area contributed by atoms with Gasteiger partial charge in [-0.2, -0.15) is 0 Å². The van der Waals surface area contributed by atoms with Gasteiger partial charge in [0, 0.05) is 17.9 Å². The number of aryl methyl sites for hydroxylation is 1. The SMILES string of the molecule is CSc1ncc2c(n1)CCC(N)C2.Cl. The first-order valence-corrected chi connectivity index (χ1v) is 5.66. The fourth-order valence-electron chi connectivity index (χ4n) is 1.62. The third-order valence-corrected chi connectivity index (χ3v) is 2.91. The zero-order chi connectivity index (χ0) is 9.26. The highest BCUT2D eigenvalue weighted by molar-refractivity contribution is 7.98. The molecule has 2 rings (SSSR count). The first-order valence-electron chi connectivity index (χ1n) is 4.44. The lowest BCUT2D eigenvalue weighted by Crippen LogP contribution is -2.28. The van der Waals surface area contributed by atoms with Gasteiger partial charge >= 0.3 is 0 Å². The van der Waals surface area contributed by atoms with Crippen LogP contribution in [0.3, 0.4) is 0 Å². The maximum absolute atomic E-state index is 5.86. The van der Waals surface area contributed by atoms with Gasteiger partial charge in [-0.1, -0.05) is 11.8 Å². The topological polar surface area (TPSA) is 51.8 Å². The summed E-state index contributed by atoms with van der Waals surface area (Å²) in [6.45, 7) is 0. The number of rotatable bonds is 1. The minimum Gasteiger partial charge on any atom is -0.327 e. The Morgan fingerprint density at radius 1 is 1.57 bits per heavy atom. The van der Waals surface area contributed by atoms with Crippen LogP contribution in [-0.4, -0.2) is 22.3 Å². The minimum atomic E-state index is 0. The number of nitrogens with zero attached hydrogens (tertiary/aromatic N) is 2. The number of aromatic nitrogens is 2. The van der Waals surface area contributed by atoms with Crippen molar-refractivity contribution in [1.29, 1.82) is 0 Å². The van der Waals surface area contributed by atoms with Gasteiger partial charge in [0.25, 0.3) is 0 Å². The van der Waals surface area contributed by atoms with Gasteiger partial charge in [-0.05, 0) is 31.1 Å². The molecule has 1 aliphatic carbocycles. The summed E-state index contributed by atoms with van der Waals surface area (Å²) >= 11 is 1.59. The molecule has 1 unspecified atom stereocenters. The fourth-order valence-corrected chi connectivity index (χ4v) is 1.98. The normalized spacial score (nSPS) is 19.7. The van der Waals surface area contributed by atoms with Crippen molar-refractivity contribution in [3.8, 4) is 0 Å². The molecule has 0 aliphatic heterocycles. The molecule has 3 nitrogen and oxygen atoms in total. The van der Waals surface area contributed by atoms with E-state index in [9.17, 15) is 0 Å². The van der Waals surface area contributed by atoms with Crippen LogP contribution >= 0.6 is 24.2 Å². The molecule has 1 heterocycles. The molecule has 1 aliphatic rings. The van der Waals surface area contributed by atoms with Crippen molar-refractivity contribution in [2.24, 2.45) is 5.73 Å². The van der Waals surface area contributed by atoms with Crippen LogP contribution in [0.5, 0.6) is 0 Å². The van der Waals surface area contributed by atoms with E-state index in [1.165, 1.54) is 11.3 Å². The highest BCUT2D eigenvalue weighted by Crippen LogP contribution is 2.20. The summed E-state index contributed by atoms with van der Waals surface area (Å²) in [5, 5.41) is 0.870. The van der Waals surface area contributed by atoms with Gasteiger partial charge < -0.3 is 5.73 Å². The van der Waals surface area contributed by atoms with Crippen molar-refractivity contribution in [1.82, 2.24) is 9.97 Å². The largest absolute Gasteiger partial charge is 0.327 e. The molecule has 0 amide bonds. The Bertz CT molecular complexity index is 319. The Balaban J connectivity index is 0.000000980. The summed E-state index contributed by atoms with van der Waals surface area (Å²) in [7, 11) is 0.